The van der Waals surface area contributed by atoms with E-state index in [-0.39, 0.29) is 11.8 Å². The summed E-state index contributed by atoms with van der Waals surface area (Å²) in [7, 11) is 1.79. The first kappa shape index (κ1) is 13.5. The van der Waals surface area contributed by atoms with Crippen molar-refractivity contribution in [1.29, 1.82) is 0 Å². The summed E-state index contributed by atoms with van der Waals surface area (Å²) in [6.45, 7) is 3.52. The molecule has 19 heavy (non-hydrogen) atoms. The number of carbonyl (C=O) groups is 2. The van der Waals surface area contributed by atoms with Crippen molar-refractivity contribution in [2.45, 2.75) is 19.8 Å². The fourth-order valence-electron chi connectivity index (χ4n) is 2.07. The minimum Gasteiger partial charge on any atom is -0.317 e. The zero-order chi connectivity index (χ0) is 13.8. The maximum Gasteiger partial charge on any atom is 0.327 e. The van der Waals surface area contributed by atoms with Crippen LogP contribution in [0.3, 0.4) is 0 Å². The highest BCUT2D eigenvalue weighted by Crippen LogP contribution is 2.11. The topological polar surface area (TPSA) is 88.1 Å². The summed E-state index contributed by atoms with van der Waals surface area (Å²) in [6.07, 6.45) is 1.53. The van der Waals surface area contributed by atoms with Crippen molar-refractivity contribution in [2.24, 2.45) is 13.0 Å². The SMILES string of the molecule is Cc1cc(NC(=O)NC(=O)C2CCNCC2)nn1C. The molecule has 0 unspecified atom stereocenters. The summed E-state index contributed by atoms with van der Waals surface area (Å²) < 4.78 is 1.66. The number of hydrogen-bond donors (Lipinski definition) is 3. The highest BCUT2D eigenvalue weighted by atomic mass is 16.2. The van der Waals surface area contributed by atoms with Gasteiger partial charge in [0.05, 0.1) is 0 Å². The Morgan fingerprint density at radius 2 is 2.11 bits per heavy atom. The molecule has 3 N–H and O–H groups in total. The average molecular weight is 265 g/mol. The van der Waals surface area contributed by atoms with Crippen LogP contribution in [0.15, 0.2) is 6.07 Å². The Hall–Kier alpha value is -1.89. The molecule has 7 nitrogen and oxygen atoms in total. The molecular formula is C12H19N5O2. The number of carbonyl (C=O) groups excluding carboxylic acids is 2. The first-order valence-electron chi connectivity index (χ1n) is 6.39. The molecule has 1 aliphatic rings. The molecule has 104 valence electrons. The average Bonchev–Trinajstić information content (AvgIpc) is 2.69. The van der Waals surface area contributed by atoms with Crippen molar-refractivity contribution in [2.75, 3.05) is 18.4 Å². The van der Waals surface area contributed by atoms with Gasteiger partial charge >= 0.3 is 6.03 Å². The predicted octanol–water partition coefficient (Wildman–Crippen LogP) is 0.376. The normalized spacial score (nSPS) is 16.1. The van der Waals surface area contributed by atoms with Crippen LogP contribution in [-0.2, 0) is 11.8 Å². The molecular weight excluding hydrogens is 246 g/mol. The van der Waals surface area contributed by atoms with E-state index in [9.17, 15) is 9.59 Å². The second-order valence-corrected chi connectivity index (χ2v) is 4.76. The van der Waals surface area contributed by atoms with E-state index in [0.717, 1.165) is 31.6 Å². The van der Waals surface area contributed by atoms with Gasteiger partial charge in [0.2, 0.25) is 5.91 Å². The summed E-state index contributed by atoms with van der Waals surface area (Å²) in [5.74, 6) is 0.139. The zero-order valence-electron chi connectivity index (χ0n) is 11.2. The van der Waals surface area contributed by atoms with Gasteiger partial charge in [0.25, 0.3) is 0 Å². The molecule has 0 radical (unpaired) electrons. The number of rotatable bonds is 2. The molecule has 1 aromatic rings. The van der Waals surface area contributed by atoms with Crippen molar-refractivity contribution < 1.29 is 9.59 Å². The van der Waals surface area contributed by atoms with Crippen LogP contribution >= 0.6 is 0 Å². The molecule has 2 rings (SSSR count). The van der Waals surface area contributed by atoms with Gasteiger partial charge in [0.15, 0.2) is 5.82 Å². The van der Waals surface area contributed by atoms with Crippen molar-refractivity contribution in [1.82, 2.24) is 20.4 Å². The highest BCUT2D eigenvalue weighted by Gasteiger charge is 2.22. The predicted molar refractivity (Wildman–Crippen MR) is 70.7 cm³/mol. The Balaban J connectivity index is 1.85. The van der Waals surface area contributed by atoms with Crippen molar-refractivity contribution in [3.05, 3.63) is 11.8 Å². The third kappa shape index (κ3) is 3.54. The maximum absolute atomic E-state index is 11.8. The summed E-state index contributed by atoms with van der Waals surface area (Å²) in [4.78, 5) is 23.5. The fraction of sp³-hybridized carbons (Fsp3) is 0.583. The fourth-order valence-corrected chi connectivity index (χ4v) is 2.07. The van der Waals surface area contributed by atoms with Crippen molar-refractivity contribution in [3.63, 3.8) is 0 Å². The minimum absolute atomic E-state index is 0.0857. The Kier molecular flexibility index (Phi) is 4.16. The van der Waals surface area contributed by atoms with Gasteiger partial charge in [0, 0.05) is 24.7 Å². The molecule has 3 amide bonds. The van der Waals surface area contributed by atoms with Gasteiger partial charge in [-0.15, -0.1) is 0 Å². The number of piperidine rings is 1. The monoisotopic (exact) mass is 265 g/mol. The lowest BCUT2D eigenvalue weighted by Crippen LogP contribution is -2.42. The van der Waals surface area contributed by atoms with Gasteiger partial charge in [-0.2, -0.15) is 5.10 Å². The van der Waals surface area contributed by atoms with Crippen LogP contribution in [0.1, 0.15) is 18.5 Å². The number of nitrogens with zero attached hydrogens (tertiary/aromatic N) is 2. The van der Waals surface area contributed by atoms with Crippen LogP contribution in [0.2, 0.25) is 0 Å². The largest absolute Gasteiger partial charge is 0.327 e. The van der Waals surface area contributed by atoms with E-state index >= 15 is 0 Å². The van der Waals surface area contributed by atoms with E-state index in [1.807, 2.05) is 6.92 Å². The zero-order valence-corrected chi connectivity index (χ0v) is 11.2. The number of nitrogens with one attached hydrogen (secondary N) is 3. The second-order valence-electron chi connectivity index (χ2n) is 4.76. The smallest absolute Gasteiger partial charge is 0.317 e. The van der Waals surface area contributed by atoms with Crippen LogP contribution in [0.4, 0.5) is 10.6 Å². The van der Waals surface area contributed by atoms with Crippen LogP contribution in [0.25, 0.3) is 0 Å². The number of amides is 3. The van der Waals surface area contributed by atoms with Gasteiger partial charge in [-0.05, 0) is 32.9 Å². The second kappa shape index (κ2) is 5.83. The number of hydrogen-bond acceptors (Lipinski definition) is 4. The molecule has 0 bridgehead atoms. The quantitative estimate of drug-likeness (QED) is 0.721. The van der Waals surface area contributed by atoms with Crippen molar-refractivity contribution >= 4 is 17.8 Å². The number of aryl methyl sites for hydroxylation is 2. The van der Waals surface area contributed by atoms with Crippen LogP contribution in [0, 0.1) is 12.8 Å². The third-order valence-corrected chi connectivity index (χ3v) is 3.30. The molecule has 1 fully saturated rings. The Morgan fingerprint density at radius 1 is 1.42 bits per heavy atom. The van der Waals surface area contributed by atoms with Gasteiger partial charge < -0.3 is 5.32 Å². The lowest BCUT2D eigenvalue weighted by molar-refractivity contribution is -0.124. The number of urea groups is 1. The van der Waals surface area contributed by atoms with E-state index in [0.29, 0.717) is 5.82 Å². The van der Waals surface area contributed by atoms with Crippen molar-refractivity contribution in [3.8, 4) is 0 Å². The first-order chi connectivity index (χ1) is 9.06. The lowest BCUT2D eigenvalue weighted by Gasteiger charge is -2.21. The Morgan fingerprint density at radius 3 is 2.68 bits per heavy atom. The molecule has 1 aromatic heterocycles. The Labute approximate surface area is 111 Å². The van der Waals surface area contributed by atoms with E-state index in [1.165, 1.54) is 0 Å². The maximum atomic E-state index is 11.8. The molecule has 0 atom stereocenters. The van der Waals surface area contributed by atoms with E-state index in [1.54, 1.807) is 17.8 Å². The summed E-state index contributed by atoms with van der Waals surface area (Å²) in [6, 6.07) is 1.22. The number of imide groups is 1. The number of aromatic nitrogens is 2. The molecule has 0 spiro atoms. The van der Waals surface area contributed by atoms with E-state index < -0.39 is 6.03 Å². The van der Waals surface area contributed by atoms with Crippen LogP contribution < -0.4 is 16.0 Å². The number of anilines is 1. The molecule has 1 aliphatic heterocycles. The lowest BCUT2D eigenvalue weighted by atomic mass is 9.97. The first-order valence-corrected chi connectivity index (χ1v) is 6.39. The Bertz CT molecular complexity index is 457. The molecule has 1 saturated heterocycles. The molecule has 0 aliphatic carbocycles. The molecule has 0 saturated carbocycles. The standard InChI is InChI=1S/C12H19N5O2/c1-8-7-10(16-17(8)2)14-12(19)15-11(18)9-3-5-13-6-4-9/h7,9,13H,3-6H2,1-2H3,(H2,14,15,16,18,19). The summed E-state index contributed by atoms with van der Waals surface area (Å²) >= 11 is 0. The van der Waals surface area contributed by atoms with Gasteiger partial charge in [0.1, 0.15) is 0 Å². The summed E-state index contributed by atoms with van der Waals surface area (Å²) in [5.41, 5.74) is 0.931. The van der Waals surface area contributed by atoms with Crippen LogP contribution in [0.5, 0.6) is 0 Å². The van der Waals surface area contributed by atoms with Gasteiger partial charge in [-0.25, -0.2) is 4.79 Å². The summed E-state index contributed by atoms with van der Waals surface area (Å²) in [5, 5.41) is 12.2. The highest BCUT2D eigenvalue weighted by molar-refractivity contribution is 6.01. The molecule has 7 heteroatoms. The van der Waals surface area contributed by atoms with Gasteiger partial charge in [-0.1, -0.05) is 0 Å². The van der Waals surface area contributed by atoms with Gasteiger partial charge in [-0.3, -0.25) is 20.1 Å². The van der Waals surface area contributed by atoms with E-state index in [2.05, 4.69) is 21.0 Å². The molecule has 0 aromatic carbocycles. The van der Waals surface area contributed by atoms with Crippen LogP contribution in [-0.4, -0.2) is 34.8 Å². The van der Waals surface area contributed by atoms with E-state index in [4.69, 9.17) is 0 Å². The molecule has 2 heterocycles. The minimum atomic E-state index is -0.526. The third-order valence-electron chi connectivity index (χ3n) is 3.30.